The lowest BCUT2D eigenvalue weighted by Gasteiger charge is -2.28. The zero-order valence-corrected chi connectivity index (χ0v) is 16.3. The molecule has 8 heteroatoms. The van der Waals surface area contributed by atoms with E-state index < -0.39 is 5.82 Å². The average molecular weight is 403 g/mol. The third kappa shape index (κ3) is 4.28. The third-order valence-electron chi connectivity index (χ3n) is 5.11. The lowest BCUT2D eigenvalue weighted by molar-refractivity contribution is -0.138. The average Bonchev–Trinajstić information content (AvgIpc) is 3.35. The summed E-state index contributed by atoms with van der Waals surface area (Å²) in [5.41, 5.74) is 3.72. The Balaban J connectivity index is 1.52. The van der Waals surface area contributed by atoms with Crippen molar-refractivity contribution in [2.75, 3.05) is 13.1 Å². The number of esters is 1. The topological polar surface area (TPSA) is 71.0 Å². The van der Waals surface area contributed by atoms with Crippen LogP contribution in [-0.4, -0.2) is 35.1 Å². The molecule has 3 aliphatic rings. The lowest BCUT2D eigenvalue weighted by Crippen LogP contribution is -2.45. The largest absolute Gasteiger partial charge is 0.426 e. The molecular formula is C20H22FN3O3S. The van der Waals surface area contributed by atoms with E-state index in [-0.39, 0.29) is 23.5 Å². The molecule has 0 bridgehead atoms. The second-order valence-electron chi connectivity index (χ2n) is 7.16. The van der Waals surface area contributed by atoms with Gasteiger partial charge in [-0.3, -0.25) is 14.6 Å². The second kappa shape index (κ2) is 8.45. The van der Waals surface area contributed by atoms with Crippen molar-refractivity contribution in [2.45, 2.75) is 38.5 Å². The Morgan fingerprint density at radius 3 is 2.86 bits per heavy atom. The Morgan fingerprint density at radius 2 is 2.11 bits per heavy atom. The minimum Gasteiger partial charge on any atom is -0.426 e. The minimum absolute atomic E-state index is 0.133. The van der Waals surface area contributed by atoms with Crippen molar-refractivity contribution in [1.82, 2.24) is 10.4 Å². The van der Waals surface area contributed by atoms with Crippen LogP contribution < -0.4 is 10.2 Å². The molecule has 2 aliphatic heterocycles. The summed E-state index contributed by atoms with van der Waals surface area (Å²) in [5.74, 6) is -1.16. The summed E-state index contributed by atoms with van der Waals surface area (Å²) in [5, 5.41) is 2.50. The van der Waals surface area contributed by atoms with Crippen LogP contribution in [0.1, 0.15) is 44.1 Å². The highest BCUT2D eigenvalue weighted by molar-refractivity contribution is 8.18. The number of thioether (sulfide) groups is 1. The molecule has 1 saturated carbocycles. The van der Waals surface area contributed by atoms with Crippen LogP contribution >= 0.6 is 11.8 Å². The maximum atomic E-state index is 13.7. The van der Waals surface area contributed by atoms with Gasteiger partial charge in [-0.05, 0) is 55.7 Å². The maximum Gasteiger partial charge on any atom is 0.314 e. The molecule has 1 aliphatic carbocycles. The molecule has 0 atom stereocenters. The molecular weight excluding hydrogens is 381 g/mol. The molecule has 0 unspecified atom stereocenters. The number of nitrogens with one attached hydrogen (secondary N) is 1. The van der Waals surface area contributed by atoms with E-state index in [9.17, 15) is 14.0 Å². The standard InChI is InChI=1S/C20H22FN3O3S/c21-15-8-7-14(16(12-15)27-19(26)13-5-1-2-6-13)11-17-18(25)23-20(28-17)24-10-4-3-9-22-24/h7-8,11-13,22H,1-6,9-10H2/b17-11+. The van der Waals surface area contributed by atoms with Gasteiger partial charge < -0.3 is 4.74 Å². The van der Waals surface area contributed by atoms with Gasteiger partial charge in [0.2, 0.25) is 0 Å². The number of hydrogen-bond acceptors (Lipinski definition) is 6. The van der Waals surface area contributed by atoms with Crippen LogP contribution in [0.4, 0.5) is 4.39 Å². The van der Waals surface area contributed by atoms with Crippen LogP contribution in [0, 0.1) is 11.7 Å². The Labute approximate surface area is 167 Å². The summed E-state index contributed by atoms with van der Waals surface area (Å²) in [7, 11) is 0. The number of rotatable bonds is 3. The molecule has 2 fully saturated rings. The zero-order chi connectivity index (χ0) is 19.5. The van der Waals surface area contributed by atoms with Crippen LogP contribution in [-0.2, 0) is 9.59 Å². The summed E-state index contributed by atoms with van der Waals surface area (Å²) in [6.45, 7) is 1.65. The number of carbonyl (C=O) groups is 2. The fourth-order valence-electron chi connectivity index (χ4n) is 3.57. The maximum absolute atomic E-state index is 13.7. The van der Waals surface area contributed by atoms with E-state index in [0.29, 0.717) is 15.6 Å². The molecule has 0 radical (unpaired) electrons. The first-order valence-electron chi connectivity index (χ1n) is 9.65. The van der Waals surface area contributed by atoms with Gasteiger partial charge in [-0.2, -0.15) is 4.99 Å². The minimum atomic E-state index is -0.490. The molecule has 0 aromatic heterocycles. The Bertz CT molecular complexity index is 843. The molecule has 6 nitrogen and oxygen atoms in total. The molecule has 28 heavy (non-hydrogen) atoms. The molecule has 1 aromatic rings. The summed E-state index contributed by atoms with van der Waals surface area (Å²) >= 11 is 1.27. The van der Waals surface area contributed by atoms with Gasteiger partial charge in [-0.25, -0.2) is 9.82 Å². The van der Waals surface area contributed by atoms with Crippen LogP contribution in [0.5, 0.6) is 5.75 Å². The fraction of sp³-hybridized carbons (Fsp3) is 0.450. The number of halogens is 1. The van der Waals surface area contributed by atoms with Crippen molar-refractivity contribution in [3.05, 3.63) is 34.5 Å². The van der Waals surface area contributed by atoms with Crippen molar-refractivity contribution in [1.29, 1.82) is 0 Å². The lowest BCUT2D eigenvalue weighted by atomic mass is 10.1. The summed E-state index contributed by atoms with van der Waals surface area (Å²) in [4.78, 5) is 29.2. The van der Waals surface area contributed by atoms with Crippen LogP contribution in [0.15, 0.2) is 28.1 Å². The van der Waals surface area contributed by atoms with Crippen LogP contribution in [0.2, 0.25) is 0 Å². The Hall–Kier alpha value is -2.19. The van der Waals surface area contributed by atoms with Crippen molar-refractivity contribution >= 4 is 34.9 Å². The summed E-state index contributed by atoms with van der Waals surface area (Å²) < 4.78 is 19.2. The molecule has 4 rings (SSSR count). The number of carbonyl (C=O) groups excluding carboxylic acids is 2. The highest BCUT2D eigenvalue weighted by Gasteiger charge is 2.28. The quantitative estimate of drug-likeness (QED) is 0.473. The van der Waals surface area contributed by atoms with Gasteiger partial charge in [0, 0.05) is 24.7 Å². The normalized spacial score (nSPS) is 22.0. The van der Waals surface area contributed by atoms with Crippen molar-refractivity contribution in [2.24, 2.45) is 10.9 Å². The van der Waals surface area contributed by atoms with E-state index >= 15 is 0 Å². The Morgan fingerprint density at radius 1 is 1.29 bits per heavy atom. The van der Waals surface area contributed by atoms with Gasteiger partial charge in [0.05, 0.1) is 10.8 Å². The summed E-state index contributed by atoms with van der Waals surface area (Å²) in [6.07, 6.45) is 7.38. The van der Waals surface area contributed by atoms with Gasteiger partial charge in [-0.15, -0.1) is 0 Å². The highest BCUT2D eigenvalue weighted by atomic mass is 32.2. The van der Waals surface area contributed by atoms with Gasteiger partial charge in [0.1, 0.15) is 11.6 Å². The van der Waals surface area contributed by atoms with Gasteiger partial charge in [0.15, 0.2) is 5.17 Å². The zero-order valence-electron chi connectivity index (χ0n) is 15.4. The van der Waals surface area contributed by atoms with E-state index in [2.05, 4.69) is 10.4 Å². The van der Waals surface area contributed by atoms with E-state index in [1.54, 1.807) is 6.08 Å². The number of ether oxygens (including phenoxy) is 1. The number of hydrazine groups is 1. The number of benzene rings is 1. The SMILES string of the molecule is O=C1N=C(N2CCCCN2)S/C1=C/c1ccc(F)cc1OC(=O)C1CCCC1. The predicted octanol–water partition coefficient (Wildman–Crippen LogP) is 3.49. The molecule has 1 saturated heterocycles. The molecule has 2 heterocycles. The number of hydrogen-bond donors (Lipinski definition) is 1. The van der Waals surface area contributed by atoms with Crippen molar-refractivity contribution < 1.29 is 18.7 Å². The number of amides is 1. The second-order valence-corrected chi connectivity index (χ2v) is 8.17. The fourth-order valence-corrected chi connectivity index (χ4v) is 4.49. The molecule has 1 N–H and O–H groups in total. The van der Waals surface area contributed by atoms with Crippen molar-refractivity contribution in [3.63, 3.8) is 0 Å². The number of amidine groups is 1. The smallest absolute Gasteiger partial charge is 0.314 e. The van der Waals surface area contributed by atoms with Gasteiger partial charge in [0.25, 0.3) is 5.91 Å². The molecule has 0 spiro atoms. The van der Waals surface area contributed by atoms with Crippen molar-refractivity contribution in [3.8, 4) is 5.75 Å². The van der Waals surface area contributed by atoms with Gasteiger partial charge in [-0.1, -0.05) is 12.8 Å². The highest BCUT2D eigenvalue weighted by Crippen LogP contribution is 2.34. The Kier molecular flexibility index (Phi) is 5.77. The van der Waals surface area contributed by atoms with E-state index in [4.69, 9.17) is 4.74 Å². The molecule has 1 aromatic carbocycles. The first kappa shape index (κ1) is 19.1. The number of nitrogens with zero attached hydrogens (tertiary/aromatic N) is 2. The van der Waals surface area contributed by atoms with E-state index in [1.807, 2.05) is 5.01 Å². The predicted molar refractivity (Wildman–Crippen MR) is 106 cm³/mol. The monoisotopic (exact) mass is 403 g/mol. The van der Waals surface area contributed by atoms with Crippen LogP contribution in [0.25, 0.3) is 6.08 Å². The molecule has 1 amide bonds. The third-order valence-corrected chi connectivity index (χ3v) is 6.12. The number of aliphatic imine (C=N–C) groups is 1. The molecule has 148 valence electrons. The van der Waals surface area contributed by atoms with Gasteiger partial charge >= 0.3 is 5.97 Å². The first-order valence-corrected chi connectivity index (χ1v) is 10.5. The van der Waals surface area contributed by atoms with Crippen LogP contribution in [0.3, 0.4) is 0 Å². The first-order chi connectivity index (χ1) is 13.6. The van der Waals surface area contributed by atoms with E-state index in [0.717, 1.165) is 51.6 Å². The van der Waals surface area contributed by atoms with E-state index in [1.165, 1.54) is 30.0 Å². The summed E-state index contributed by atoms with van der Waals surface area (Å²) in [6, 6.07) is 4.00.